The molecule has 0 aliphatic carbocycles. The van der Waals surface area contributed by atoms with Crippen molar-refractivity contribution in [3.05, 3.63) is 53.6 Å². The Kier molecular flexibility index (Phi) is 11.5. The van der Waals surface area contributed by atoms with E-state index in [9.17, 15) is 13.5 Å². The Balaban J connectivity index is 1.99. The van der Waals surface area contributed by atoms with Crippen molar-refractivity contribution in [2.75, 3.05) is 60.4 Å². The second-order valence-electron chi connectivity index (χ2n) is 12.2. The third-order valence-corrected chi connectivity index (χ3v) is 9.97. The minimum atomic E-state index is -3.69. The van der Waals surface area contributed by atoms with Crippen LogP contribution in [-0.2, 0) is 14.6 Å². The maximum atomic E-state index is 14.0. The van der Waals surface area contributed by atoms with Crippen LogP contribution < -0.4 is 9.47 Å². The first kappa shape index (κ1) is 32.4. The van der Waals surface area contributed by atoms with Gasteiger partial charge in [0.15, 0.2) is 9.84 Å². The van der Waals surface area contributed by atoms with Crippen molar-refractivity contribution in [1.29, 1.82) is 0 Å². The fourth-order valence-electron chi connectivity index (χ4n) is 5.67. The predicted octanol–water partition coefficient (Wildman–Crippen LogP) is 5.44. The largest absolute Gasteiger partial charge is 0.497 e. The molecule has 1 N–H and O–H groups in total. The molecule has 1 aliphatic heterocycles. The van der Waals surface area contributed by atoms with Crippen LogP contribution in [0.3, 0.4) is 0 Å². The van der Waals surface area contributed by atoms with E-state index in [4.69, 9.17) is 14.2 Å². The van der Waals surface area contributed by atoms with Crippen LogP contribution in [0.15, 0.2) is 47.4 Å². The van der Waals surface area contributed by atoms with Crippen LogP contribution in [0.25, 0.3) is 0 Å². The molecular formula is C32H50NO6S+. The molecule has 1 heterocycles. The Hall–Kier alpha value is -2.13. The molecular weight excluding hydrogens is 526 g/mol. The quantitative estimate of drug-likeness (QED) is 0.225. The lowest BCUT2D eigenvalue weighted by Gasteiger charge is -2.40. The Bertz CT molecular complexity index is 1180. The molecule has 0 amide bonds. The number of likely N-dealkylation sites (N-methyl/N-ethyl adjacent to an activating group) is 1. The number of methoxy groups -OCH3 is 1. The fraction of sp³-hybridized carbons (Fsp3) is 0.625. The molecule has 3 rings (SSSR count). The van der Waals surface area contributed by atoms with E-state index in [1.54, 1.807) is 12.1 Å². The molecule has 0 aromatic heterocycles. The predicted molar refractivity (Wildman–Crippen MR) is 160 cm³/mol. The number of sulfone groups is 1. The highest BCUT2D eigenvalue weighted by atomic mass is 32.2. The monoisotopic (exact) mass is 576 g/mol. The summed E-state index contributed by atoms with van der Waals surface area (Å²) in [7, 11) is 4.25. The third kappa shape index (κ3) is 8.21. The second kappa shape index (κ2) is 14.2. The molecule has 0 radical (unpaired) electrons. The lowest BCUT2D eigenvalue weighted by molar-refractivity contribution is -0.870. The summed E-state index contributed by atoms with van der Waals surface area (Å²) in [5.41, 5.74) is 0.707. The molecule has 1 aliphatic rings. The molecule has 0 saturated heterocycles. The first-order valence-electron chi connectivity index (χ1n) is 14.7. The highest BCUT2D eigenvalue weighted by Crippen LogP contribution is 2.50. The highest BCUT2D eigenvalue weighted by Gasteiger charge is 2.49. The van der Waals surface area contributed by atoms with Crippen molar-refractivity contribution >= 4 is 9.84 Å². The zero-order valence-electron chi connectivity index (χ0n) is 25.3. The lowest BCUT2D eigenvalue weighted by Crippen LogP contribution is -2.43. The van der Waals surface area contributed by atoms with Crippen molar-refractivity contribution in [1.82, 2.24) is 0 Å². The van der Waals surface area contributed by atoms with Crippen LogP contribution in [0.5, 0.6) is 11.5 Å². The average molecular weight is 577 g/mol. The van der Waals surface area contributed by atoms with Gasteiger partial charge in [0.05, 0.1) is 58.2 Å². The van der Waals surface area contributed by atoms with E-state index in [0.717, 1.165) is 42.3 Å². The van der Waals surface area contributed by atoms with Crippen LogP contribution in [0.2, 0.25) is 0 Å². The smallest absolute Gasteiger partial charge is 0.179 e. The number of benzene rings is 2. The van der Waals surface area contributed by atoms with Gasteiger partial charge in [-0.2, -0.15) is 0 Å². The maximum absolute atomic E-state index is 14.0. The molecule has 2 aromatic carbocycles. The molecule has 0 spiro atoms. The summed E-state index contributed by atoms with van der Waals surface area (Å²) in [6.07, 6.45) is 4.04. The van der Waals surface area contributed by atoms with E-state index in [2.05, 4.69) is 35.0 Å². The van der Waals surface area contributed by atoms with Crippen LogP contribution in [0.1, 0.15) is 69.4 Å². The van der Waals surface area contributed by atoms with Crippen molar-refractivity contribution in [2.45, 2.75) is 69.3 Å². The Morgan fingerprint density at radius 3 is 2.27 bits per heavy atom. The first-order chi connectivity index (χ1) is 19.0. The molecule has 8 heteroatoms. The maximum Gasteiger partial charge on any atom is 0.179 e. The summed E-state index contributed by atoms with van der Waals surface area (Å²) < 4.78 is 46.0. The Labute approximate surface area is 242 Å². The van der Waals surface area contributed by atoms with Gasteiger partial charge in [-0.05, 0) is 48.2 Å². The van der Waals surface area contributed by atoms with Crippen LogP contribution in [0, 0.1) is 5.41 Å². The Morgan fingerprint density at radius 1 is 0.950 bits per heavy atom. The van der Waals surface area contributed by atoms with Crippen LogP contribution >= 0.6 is 0 Å². The van der Waals surface area contributed by atoms with Gasteiger partial charge in [-0.3, -0.25) is 0 Å². The van der Waals surface area contributed by atoms with Crippen LogP contribution in [-0.4, -0.2) is 84.5 Å². The molecule has 0 fully saturated rings. The molecule has 2 aromatic rings. The molecule has 7 nitrogen and oxygen atoms in total. The molecule has 40 heavy (non-hydrogen) atoms. The van der Waals surface area contributed by atoms with Gasteiger partial charge in [0.2, 0.25) is 0 Å². The van der Waals surface area contributed by atoms with Gasteiger partial charge in [0.1, 0.15) is 24.7 Å². The number of hydrogen-bond acceptors (Lipinski definition) is 6. The van der Waals surface area contributed by atoms with Gasteiger partial charge in [-0.15, -0.1) is 0 Å². The van der Waals surface area contributed by atoms with Gasteiger partial charge in [-0.25, -0.2) is 8.42 Å². The van der Waals surface area contributed by atoms with Gasteiger partial charge in [0, 0.05) is 11.3 Å². The normalized spacial score (nSPS) is 20.0. The van der Waals surface area contributed by atoms with Crippen molar-refractivity contribution in [3.8, 4) is 11.5 Å². The number of nitrogens with zero attached hydrogens (tertiary/aromatic N) is 1. The number of hydrogen-bond donors (Lipinski definition) is 1. The molecule has 224 valence electrons. The number of aliphatic hydroxyl groups is 1. The third-order valence-electron chi connectivity index (χ3n) is 7.99. The molecule has 0 saturated carbocycles. The number of fused-ring (bicyclic) bond motifs is 1. The standard InChI is InChI=1S/C32H50NO6S/c1-7-9-16-32(17-10-8-2)24-40(35,36)29-23-26(37-6)14-15-28(29)30(31(32)34)25-12-11-13-27(22-25)39-21-20-38-19-18-33(3,4)5/h11-15,22-23,30-31,34H,7-10,16-21,24H2,1-6H3/q+1/t30-,31-/m1/s1. The van der Waals surface area contributed by atoms with Crippen LogP contribution in [0.4, 0.5) is 0 Å². The summed E-state index contributed by atoms with van der Waals surface area (Å²) >= 11 is 0. The van der Waals surface area contributed by atoms with E-state index in [0.29, 0.717) is 49.7 Å². The number of rotatable bonds is 15. The number of quaternary nitrogens is 1. The zero-order chi connectivity index (χ0) is 29.4. The minimum Gasteiger partial charge on any atom is -0.497 e. The highest BCUT2D eigenvalue weighted by molar-refractivity contribution is 7.91. The van der Waals surface area contributed by atoms with E-state index in [1.165, 1.54) is 7.11 Å². The molecule has 0 unspecified atom stereocenters. The SMILES string of the molecule is CCCCC1(CCCC)CS(=O)(=O)c2cc(OC)ccc2[C@@H](c2cccc(OCCOCC[N+](C)(C)C)c2)[C@H]1O. The van der Waals surface area contributed by atoms with E-state index in [1.807, 2.05) is 30.3 Å². The summed E-state index contributed by atoms with van der Waals surface area (Å²) in [5, 5.41) is 12.2. The number of unbranched alkanes of at least 4 members (excludes halogenated alkanes) is 2. The fourth-order valence-corrected chi connectivity index (χ4v) is 7.90. The molecule has 0 bridgehead atoms. The Morgan fingerprint density at radius 2 is 1.65 bits per heavy atom. The van der Waals surface area contributed by atoms with Crippen molar-refractivity contribution in [2.24, 2.45) is 5.41 Å². The average Bonchev–Trinajstić information content (AvgIpc) is 2.98. The zero-order valence-corrected chi connectivity index (χ0v) is 26.1. The lowest BCUT2D eigenvalue weighted by atomic mass is 9.68. The summed E-state index contributed by atoms with van der Waals surface area (Å²) in [5.74, 6) is 0.581. The van der Waals surface area contributed by atoms with Gasteiger partial charge in [0.25, 0.3) is 0 Å². The minimum absolute atomic E-state index is 0.0708. The van der Waals surface area contributed by atoms with E-state index >= 15 is 0 Å². The van der Waals surface area contributed by atoms with E-state index in [-0.39, 0.29) is 10.6 Å². The van der Waals surface area contributed by atoms with Gasteiger partial charge < -0.3 is 23.8 Å². The van der Waals surface area contributed by atoms with Crippen molar-refractivity contribution < 1.29 is 32.2 Å². The summed E-state index contributed by atoms with van der Waals surface area (Å²) in [4.78, 5) is 0.253. The number of ether oxygens (including phenoxy) is 3. The van der Waals surface area contributed by atoms with Gasteiger partial charge in [-0.1, -0.05) is 57.7 Å². The number of aliphatic hydroxyl groups excluding tert-OH is 1. The first-order valence-corrected chi connectivity index (χ1v) is 16.3. The summed E-state index contributed by atoms with van der Waals surface area (Å²) in [6, 6.07) is 12.9. The summed E-state index contributed by atoms with van der Waals surface area (Å²) in [6.45, 7) is 6.68. The second-order valence-corrected chi connectivity index (χ2v) is 14.2. The van der Waals surface area contributed by atoms with E-state index < -0.39 is 27.3 Å². The van der Waals surface area contributed by atoms with Crippen molar-refractivity contribution in [3.63, 3.8) is 0 Å². The molecule has 2 atom stereocenters. The topological polar surface area (TPSA) is 82.1 Å². The van der Waals surface area contributed by atoms with Gasteiger partial charge >= 0.3 is 0 Å².